The summed E-state index contributed by atoms with van der Waals surface area (Å²) in [7, 11) is 0. The summed E-state index contributed by atoms with van der Waals surface area (Å²) in [4.78, 5) is 59.1. The van der Waals surface area contributed by atoms with E-state index in [0.29, 0.717) is 136 Å². The largest absolute Gasteiger partial charge is 0.481 e. The van der Waals surface area contributed by atoms with E-state index >= 15 is 0 Å². The van der Waals surface area contributed by atoms with Crippen molar-refractivity contribution < 1.29 is 72.5 Å². The molecule has 0 saturated carbocycles. The molecule has 26 nitrogen and oxygen atoms in total. The number of carbonyl (C=O) groups is 5. The average Bonchev–Trinajstić information content (AvgIpc) is 3.47. The van der Waals surface area contributed by atoms with Gasteiger partial charge in [-0.25, -0.2) is 0 Å². The van der Waals surface area contributed by atoms with Crippen molar-refractivity contribution in [2.24, 2.45) is 10.2 Å². The zero-order valence-electron chi connectivity index (χ0n) is 43.4. The maximum absolute atomic E-state index is 12.2. The van der Waals surface area contributed by atoms with Crippen LogP contribution in [0.2, 0.25) is 0 Å². The Morgan fingerprint density at radius 1 is 0.571 bits per heavy atom. The van der Waals surface area contributed by atoms with E-state index in [1.165, 1.54) is 6.34 Å². The molecule has 428 valence electrons. The first-order valence-electron chi connectivity index (χ1n) is 25.7. The number of amidine groups is 1. The SMILES string of the molecule is O=C(O)CC1CNC(CC(=O)O)C(Cc2ccc(NC(=S)NCCOCCOCCOCCOCCOCCOCCOCCNC(=O)CCCC(=O)NCc3ccc(C4=NN=CNN4)cc3)cc2)NC(CC(=O)O)CN1. The van der Waals surface area contributed by atoms with Crippen LogP contribution in [0.25, 0.3) is 0 Å². The molecule has 2 aliphatic rings. The molecule has 77 heavy (non-hydrogen) atoms. The fourth-order valence-electron chi connectivity index (χ4n) is 7.61. The van der Waals surface area contributed by atoms with Crippen LogP contribution in [0.3, 0.4) is 0 Å². The van der Waals surface area contributed by atoms with Crippen molar-refractivity contribution in [2.75, 3.05) is 124 Å². The van der Waals surface area contributed by atoms with Gasteiger partial charge in [-0.05, 0) is 48.3 Å². The highest BCUT2D eigenvalue weighted by Gasteiger charge is 2.30. The smallest absolute Gasteiger partial charge is 0.304 e. The van der Waals surface area contributed by atoms with Crippen molar-refractivity contribution >= 4 is 64.9 Å². The van der Waals surface area contributed by atoms with E-state index < -0.39 is 42.1 Å². The number of carboxylic acid groups (broad SMARTS) is 3. The van der Waals surface area contributed by atoms with Gasteiger partial charge in [0.1, 0.15) is 6.34 Å². The second-order valence-corrected chi connectivity index (χ2v) is 18.0. The molecule has 0 spiro atoms. The van der Waals surface area contributed by atoms with Crippen LogP contribution in [0, 0.1) is 0 Å². The molecule has 27 heteroatoms. The van der Waals surface area contributed by atoms with Crippen molar-refractivity contribution in [3.8, 4) is 0 Å². The summed E-state index contributed by atoms with van der Waals surface area (Å²) < 4.78 is 38.7. The van der Waals surface area contributed by atoms with E-state index in [1.54, 1.807) is 0 Å². The minimum Gasteiger partial charge on any atom is -0.481 e. The van der Waals surface area contributed by atoms with Crippen LogP contribution >= 0.6 is 12.2 Å². The van der Waals surface area contributed by atoms with Crippen LogP contribution in [0.5, 0.6) is 0 Å². The van der Waals surface area contributed by atoms with Crippen molar-refractivity contribution in [3.63, 3.8) is 0 Å². The van der Waals surface area contributed by atoms with E-state index in [4.69, 9.17) is 45.4 Å². The van der Waals surface area contributed by atoms with Gasteiger partial charge < -0.3 is 85.7 Å². The third-order valence-electron chi connectivity index (χ3n) is 11.4. The number of nitrogens with one attached hydrogen (secondary N) is 9. The van der Waals surface area contributed by atoms with Gasteiger partial charge in [-0.2, -0.15) is 0 Å². The minimum absolute atomic E-state index is 0.118. The topological polar surface area (TPSA) is 344 Å². The highest BCUT2D eigenvalue weighted by molar-refractivity contribution is 7.80. The molecule has 2 aliphatic heterocycles. The lowest BCUT2D eigenvalue weighted by atomic mass is 9.95. The number of carboxylic acids is 3. The summed E-state index contributed by atoms with van der Waals surface area (Å²) in [5.74, 6) is -2.72. The lowest BCUT2D eigenvalue weighted by Gasteiger charge is -2.30. The number of ether oxygens (including phenoxy) is 7. The van der Waals surface area contributed by atoms with E-state index in [9.17, 15) is 39.3 Å². The molecule has 2 aromatic rings. The number of hydrogen-bond donors (Lipinski definition) is 12. The van der Waals surface area contributed by atoms with Crippen molar-refractivity contribution in [2.45, 2.75) is 75.7 Å². The molecule has 2 aromatic carbocycles. The third kappa shape index (κ3) is 30.5. The standard InChI is InChI=1S/C50H77N11O15S/c62-44(2-1-3-45(63)55-32-37-4-8-38(9-5-37)49-60-56-35-57-61-49)51-12-14-70-16-18-72-20-22-74-24-26-76-27-25-75-23-21-73-19-17-71-15-13-52-50(77)59-39-10-6-36(7-11-39)28-43-42(31-48(68)69)54-33-40(29-46(64)65)53-34-41(58-43)30-47(66)67/h4-11,35,40-43,53-54,58H,1-3,12-34H2,(H,51,62)(H,55,63)(H,56,57)(H,60,61)(H,64,65)(H,66,67)(H,68,69)(H2,52,59,77). The lowest BCUT2D eigenvalue weighted by Crippen LogP contribution is -2.54. The maximum atomic E-state index is 12.2. The Morgan fingerprint density at radius 3 is 1.60 bits per heavy atom. The van der Waals surface area contributed by atoms with E-state index in [-0.39, 0.29) is 57.0 Å². The average molecular weight is 1100 g/mol. The Labute approximate surface area is 453 Å². The fraction of sp³-hybridized carbons (Fsp3) is 0.600. The number of hydrogen-bond acceptors (Lipinski definition) is 20. The number of anilines is 1. The number of amides is 2. The van der Waals surface area contributed by atoms with Gasteiger partial charge >= 0.3 is 17.9 Å². The molecule has 4 rings (SSSR count). The predicted octanol–water partition coefficient (Wildman–Crippen LogP) is -0.287. The molecule has 0 aliphatic carbocycles. The van der Waals surface area contributed by atoms with Gasteiger partial charge in [0.25, 0.3) is 0 Å². The number of thiocarbonyl (C=S) groups is 1. The van der Waals surface area contributed by atoms with E-state index in [2.05, 4.69) is 58.3 Å². The molecule has 4 unspecified atom stereocenters. The molecule has 4 atom stereocenters. The molecular weight excluding hydrogens is 1030 g/mol. The van der Waals surface area contributed by atoms with E-state index in [0.717, 1.165) is 22.4 Å². The highest BCUT2D eigenvalue weighted by atomic mass is 32.1. The minimum atomic E-state index is -1.03. The molecular formula is C50H77N11O15S. The normalized spacial score (nSPS) is 17.3. The molecule has 0 radical (unpaired) electrons. The van der Waals surface area contributed by atoms with Crippen molar-refractivity contribution in [3.05, 3.63) is 65.2 Å². The Kier molecular flexibility index (Phi) is 32.5. The third-order valence-corrected chi connectivity index (χ3v) is 11.7. The van der Waals surface area contributed by atoms with Gasteiger partial charge in [-0.1, -0.05) is 36.4 Å². The molecule has 0 aromatic heterocycles. The molecule has 1 fully saturated rings. The number of carbonyl (C=O) groups excluding carboxylic acids is 2. The zero-order chi connectivity index (χ0) is 55.1. The molecule has 1 saturated heterocycles. The van der Waals surface area contributed by atoms with Gasteiger partial charge in [0, 0.05) is 81.0 Å². The number of rotatable bonds is 40. The van der Waals surface area contributed by atoms with Gasteiger partial charge in [0.15, 0.2) is 10.9 Å². The summed E-state index contributed by atoms with van der Waals surface area (Å²) in [6.45, 7) is 7.39. The number of nitrogens with zero attached hydrogens (tertiary/aromatic N) is 2. The Balaban J connectivity index is 0.875. The van der Waals surface area contributed by atoms with Gasteiger partial charge in [-0.3, -0.25) is 34.8 Å². The lowest BCUT2D eigenvalue weighted by molar-refractivity contribution is -0.139. The van der Waals surface area contributed by atoms with Gasteiger partial charge in [-0.15, -0.1) is 10.2 Å². The first kappa shape index (κ1) is 63.6. The summed E-state index contributed by atoms with van der Waals surface area (Å²) in [5, 5.41) is 58.2. The first-order valence-corrected chi connectivity index (χ1v) is 26.1. The monoisotopic (exact) mass is 1100 g/mol. The highest BCUT2D eigenvalue weighted by Crippen LogP contribution is 2.16. The predicted molar refractivity (Wildman–Crippen MR) is 288 cm³/mol. The number of hydrazine groups is 1. The summed E-state index contributed by atoms with van der Waals surface area (Å²) in [6, 6.07) is 12.9. The van der Waals surface area contributed by atoms with Crippen LogP contribution in [0.1, 0.15) is 55.2 Å². The Morgan fingerprint density at radius 2 is 1.06 bits per heavy atom. The Hall–Kier alpha value is -5.98. The van der Waals surface area contributed by atoms with Crippen LogP contribution in [0.4, 0.5) is 5.69 Å². The maximum Gasteiger partial charge on any atom is 0.304 e. The summed E-state index contributed by atoms with van der Waals surface area (Å²) in [6.07, 6.45) is 2.12. The van der Waals surface area contributed by atoms with Crippen molar-refractivity contribution in [1.29, 1.82) is 0 Å². The van der Waals surface area contributed by atoms with Gasteiger partial charge in [0.2, 0.25) is 11.8 Å². The van der Waals surface area contributed by atoms with Crippen LogP contribution in [0.15, 0.2) is 58.7 Å². The van der Waals surface area contributed by atoms with Crippen LogP contribution < -0.4 is 48.1 Å². The van der Waals surface area contributed by atoms with Crippen LogP contribution in [-0.2, 0) is 70.1 Å². The summed E-state index contributed by atoms with van der Waals surface area (Å²) >= 11 is 5.43. The molecule has 0 bridgehead atoms. The fourth-order valence-corrected chi connectivity index (χ4v) is 7.83. The summed E-state index contributed by atoms with van der Waals surface area (Å²) in [5.41, 5.74) is 9.10. The molecule has 12 N–H and O–H groups in total. The second-order valence-electron chi connectivity index (χ2n) is 17.6. The molecule has 2 heterocycles. The van der Waals surface area contributed by atoms with Gasteiger partial charge in [0.05, 0.1) is 112 Å². The first-order chi connectivity index (χ1) is 37.4. The number of aliphatic carboxylic acids is 3. The number of benzene rings is 2. The van der Waals surface area contributed by atoms with Crippen molar-refractivity contribution in [1.82, 2.24) is 42.8 Å². The van der Waals surface area contributed by atoms with E-state index in [1.807, 2.05) is 48.5 Å². The van der Waals surface area contributed by atoms with Crippen LogP contribution in [-0.4, -0.2) is 205 Å². The Bertz CT molecular complexity index is 2110. The quantitative estimate of drug-likeness (QED) is 0.0301. The zero-order valence-corrected chi connectivity index (χ0v) is 44.3. The molecule has 2 amide bonds. The second kappa shape index (κ2) is 39.4.